The van der Waals surface area contributed by atoms with E-state index in [0.29, 0.717) is 16.3 Å². The lowest BCUT2D eigenvalue weighted by Crippen LogP contribution is -2.09. The number of nitro groups is 1. The normalized spacial score (nSPS) is 11.5. The number of hydrogen-bond acceptors (Lipinski definition) is 6. The molecule has 0 spiro atoms. The van der Waals surface area contributed by atoms with Gasteiger partial charge in [-0.15, -0.1) is 0 Å². The quantitative estimate of drug-likeness (QED) is 0.249. The second-order valence-electron chi connectivity index (χ2n) is 5.59. The zero-order chi connectivity index (χ0) is 20.1. The van der Waals surface area contributed by atoms with Crippen LogP contribution < -0.4 is 4.18 Å². The minimum absolute atomic E-state index is 0.000657. The average Bonchev–Trinajstić information content (AvgIpc) is 2.68. The number of nitrogens with zero attached hydrogens (tertiary/aromatic N) is 2. The molecule has 0 fully saturated rings. The highest BCUT2D eigenvalue weighted by Gasteiger charge is 2.16. The molecule has 0 amide bonds. The van der Waals surface area contributed by atoms with Crippen LogP contribution in [0.15, 0.2) is 82.7 Å². The molecule has 3 aromatic rings. The first-order chi connectivity index (χ1) is 13.3. The van der Waals surface area contributed by atoms with Crippen LogP contribution in [-0.4, -0.2) is 19.6 Å². The van der Waals surface area contributed by atoms with Gasteiger partial charge in [0, 0.05) is 23.4 Å². The molecule has 7 nitrogen and oxygen atoms in total. The Labute approximate surface area is 166 Å². The van der Waals surface area contributed by atoms with Gasteiger partial charge in [-0.2, -0.15) is 8.42 Å². The molecule has 3 aromatic carbocycles. The van der Waals surface area contributed by atoms with E-state index in [0.717, 1.165) is 0 Å². The Kier molecular flexibility index (Phi) is 5.72. The van der Waals surface area contributed by atoms with Crippen LogP contribution in [-0.2, 0) is 10.1 Å². The van der Waals surface area contributed by atoms with Crippen molar-refractivity contribution in [2.24, 2.45) is 4.99 Å². The van der Waals surface area contributed by atoms with Gasteiger partial charge in [-0.3, -0.25) is 15.1 Å². The summed E-state index contributed by atoms with van der Waals surface area (Å²) in [6.45, 7) is 0. The summed E-state index contributed by atoms with van der Waals surface area (Å²) >= 11 is 5.76. The maximum absolute atomic E-state index is 12.2. The van der Waals surface area contributed by atoms with Crippen molar-refractivity contribution in [2.75, 3.05) is 0 Å². The summed E-state index contributed by atoms with van der Waals surface area (Å²) in [7, 11) is -3.96. The number of nitro benzene ring substituents is 1. The molecule has 0 aliphatic rings. The van der Waals surface area contributed by atoms with E-state index in [9.17, 15) is 18.5 Å². The van der Waals surface area contributed by atoms with Crippen molar-refractivity contribution in [1.29, 1.82) is 0 Å². The van der Waals surface area contributed by atoms with Crippen LogP contribution in [0.3, 0.4) is 0 Å². The molecule has 0 N–H and O–H groups in total. The summed E-state index contributed by atoms with van der Waals surface area (Å²) in [5.41, 5.74) is 1.24. The van der Waals surface area contributed by atoms with Gasteiger partial charge in [-0.05, 0) is 66.2 Å². The molecule has 0 heterocycles. The van der Waals surface area contributed by atoms with Crippen LogP contribution in [0.1, 0.15) is 5.56 Å². The Morgan fingerprint density at radius 1 is 0.929 bits per heavy atom. The van der Waals surface area contributed by atoms with Crippen LogP contribution >= 0.6 is 11.6 Å². The molecular weight excluding hydrogens is 404 g/mol. The van der Waals surface area contributed by atoms with Crippen molar-refractivity contribution < 1.29 is 17.5 Å². The first-order valence-corrected chi connectivity index (χ1v) is 9.71. The second kappa shape index (κ2) is 8.20. The summed E-state index contributed by atoms with van der Waals surface area (Å²) in [6, 6.07) is 17.8. The summed E-state index contributed by atoms with van der Waals surface area (Å²) in [6.07, 6.45) is 1.55. The van der Waals surface area contributed by atoms with Gasteiger partial charge < -0.3 is 4.18 Å². The molecule has 9 heteroatoms. The van der Waals surface area contributed by atoms with Gasteiger partial charge in [0.05, 0.1) is 10.6 Å². The Morgan fingerprint density at radius 3 is 2.11 bits per heavy atom. The van der Waals surface area contributed by atoms with Gasteiger partial charge >= 0.3 is 10.1 Å². The van der Waals surface area contributed by atoms with Gasteiger partial charge in [0.15, 0.2) is 0 Å². The fourth-order valence-corrected chi connectivity index (χ4v) is 3.25. The zero-order valence-electron chi connectivity index (χ0n) is 14.2. The van der Waals surface area contributed by atoms with E-state index in [2.05, 4.69) is 4.99 Å². The van der Waals surface area contributed by atoms with E-state index >= 15 is 0 Å². The maximum atomic E-state index is 12.2. The van der Waals surface area contributed by atoms with Gasteiger partial charge in [-0.1, -0.05) is 11.6 Å². The van der Waals surface area contributed by atoms with Crippen molar-refractivity contribution in [1.82, 2.24) is 0 Å². The molecular formula is C19H13ClN2O5S. The lowest BCUT2D eigenvalue weighted by molar-refractivity contribution is -0.384. The summed E-state index contributed by atoms with van der Waals surface area (Å²) in [5, 5.41) is 11.1. The minimum Gasteiger partial charge on any atom is -0.379 e. The second-order valence-corrected chi connectivity index (χ2v) is 7.57. The van der Waals surface area contributed by atoms with Crippen LogP contribution in [0.5, 0.6) is 5.75 Å². The van der Waals surface area contributed by atoms with Gasteiger partial charge in [0.25, 0.3) is 5.69 Å². The molecule has 3 rings (SSSR count). The van der Waals surface area contributed by atoms with Crippen molar-refractivity contribution in [3.05, 3.63) is 93.5 Å². The molecule has 0 atom stereocenters. The Balaban J connectivity index is 1.69. The molecule has 28 heavy (non-hydrogen) atoms. The minimum atomic E-state index is -3.96. The van der Waals surface area contributed by atoms with Gasteiger partial charge in [0.2, 0.25) is 0 Å². The number of benzene rings is 3. The monoisotopic (exact) mass is 416 g/mol. The summed E-state index contributed by atoms with van der Waals surface area (Å²) in [5.74, 6) is 0.155. The van der Waals surface area contributed by atoms with E-state index < -0.39 is 15.0 Å². The average molecular weight is 417 g/mol. The molecule has 0 saturated heterocycles. The topological polar surface area (TPSA) is 98.9 Å². The third-order valence-electron chi connectivity index (χ3n) is 3.61. The summed E-state index contributed by atoms with van der Waals surface area (Å²) < 4.78 is 29.6. The molecule has 0 bridgehead atoms. The first-order valence-electron chi connectivity index (χ1n) is 7.92. The lowest BCUT2D eigenvalue weighted by Gasteiger charge is -2.07. The Bertz CT molecular complexity index is 1110. The first kappa shape index (κ1) is 19.5. The van der Waals surface area contributed by atoms with Crippen LogP contribution in [0, 0.1) is 10.1 Å². The predicted octanol–water partition coefficient (Wildman–Crippen LogP) is 4.77. The van der Waals surface area contributed by atoms with Crippen LogP contribution in [0.25, 0.3) is 0 Å². The van der Waals surface area contributed by atoms with E-state index in [-0.39, 0.29) is 16.3 Å². The molecule has 142 valence electrons. The molecule has 0 saturated carbocycles. The fourth-order valence-electron chi connectivity index (χ4n) is 2.19. The third kappa shape index (κ3) is 4.93. The highest BCUT2D eigenvalue weighted by Crippen LogP contribution is 2.21. The smallest absolute Gasteiger partial charge is 0.339 e. The van der Waals surface area contributed by atoms with E-state index in [1.54, 1.807) is 18.3 Å². The highest BCUT2D eigenvalue weighted by atomic mass is 35.5. The molecule has 0 aliphatic carbocycles. The Hall–Kier alpha value is -3.23. The van der Waals surface area contributed by atoms with Crippen LogP contribution in [0.4, 0.5) is 11.4 Å². The zero-order valence-corrected chi connectivity index (χ0v) is 15.8. The largest absolute Gasteiger partial charge is 0.379 e. The third-order valence-corrected chi connectivity index (χ3v) is 5.12. The summed E-state index contributed by atoms with van der Waals surface area (Å²) in [4.78, 5) is 14.4. The lowest BCUT2D eigenvalue weighted by atomic mass is 10.2. The molecule has 0 aromatic heterocycles. The number of halogens is 1. The SMILES string of the molecule is O=[N+]([O-])c1ccc(N=Cc2ccc(OS(=O)(=O)c3ccc(Cl)cc3)cc2)cc1. The Morgan fingerprint density at radius 2 is 1.54 bits per heavy atom. The van der Waals surface area contributed by atoms with Crippen molar-refractivity contribution in [3.63, 3.8) is 0 Å². The van der Waals surface area contributed by atoms with Gasteiger partial charge in [-0.25, -0.2) is 0 Å². The van der Waals surface area contributed by atoms with E-state index in [4.69, 9.17) is 15.8 Å². The molecule has 0 aliphatic heterocycles. The van der Waals surface area contributed by atoms with Crippen molar-refractivity contribution in [2.45, 2.75) is 4.90 Å². The van der Waals surface area contributed by atoms with E-state index in [1.165, 1.54) is 60.7 Å². The number of aliphatic imine (C=N–C) groups is 1. The highest BCUT2D eigenvalue weighted by molar-refractivity contribution is 7.87. The fraction of sp³-hybridized carbons (Fsp3) is 0. The van der Waals surface area contributed by atoms with Crippen LogP contribution in [0.2, 0.25) is 5.02 Å². The maximum Gasteiger partial charge on any atom is 0.339 e. The van der Waals surface area contributed by atoms with E-state index in [1.807, 2.05) is 0 Å². The predicted molar refractivity (Wildman–Crippen MR) is 106 cm³/mol. The number of hydrogen-bond donors (Lipinski definition) is 0. The molecule has 0 unspecified atom stereocenters. The standard InChI is InChI=1S/C19H13ClN2O5S/c20-15-3-11-19(12-4-15)28(25,26)27-18-9-1-14(2-10-18)13-21-16-5-7-17(8-6-16)22(23)24/h1-13H. The van der Waals surface area contributed by atoms with Gasteiger partial charge in [0.1, 0.15) is 10.6 Å². The number of non-ortho nitro benzene ring substituents is 1. The van der Waals surface area contributed by atoms with Crippen molar-refractivity contribution in [3.8, 4) is 5.75 Å². The molecule has 0 radical (unpaired) electrons. The van der Waals surface area contributed by atoms with Crippen molar-refractivity contribution >= 4 is 39.3 Å². The number of rotatable bonds is 6.